The molecule has 4 atom stereocenters. The van der Waals surface area contributed by atoms with Crippen molar-refractivity contribution in [2.75, 3.05) is 0 Å². The van der Waals surface area contributed by atoms with Crippen LogP contribution in [0, 0.1) is 11.8 Å². The molecule has 1 saturated carbocycles. The summed E-state index contributed by atoms with van der Waals surface area (Å²) in [7, 11) is 0. The minimum absolute atomic E-state index is 0.0994. The molecule has 0 radical (unpaired) electrons. The number of piperidine rings is 1. The van der Waals surface area contributed by atoms with E-state index in [-0.39, 0.29) is 11.8 Å². The van der Waals surface area contributed by atoms with Gasteiger partial charge in [-0.15, -0.1) is 0 Å². The maximum atomic E-state index is 12.5. The predicted molar refractivity (Wildman–Crippen MR) is 75.8 cm³/mol. The van der Waals surface area contributed by atoms with E-state index >= 15 is 0 Å². The number of hydrogen-bond acceptors (Lipinski definition) is 3. The molecule has 20 heavy (non-hydrogen) atoms. The van der Waals surface area contributed by atoms with E-state index in [1.54, 1.807) is 0 Å². The molecule has 5 nitrogen and oxygen atoms in total. The van der Waals surface area contributed by atoms with E-state index in [2.05, 4.69) is 19.3 Å². The number of carbonyl (C=O) groups excluding carboxylic acids is 1. The summed E-state index contributed by atoms with van der Waals surface area (Å²) in [4.78, 5) is 23.8. The molecule has 1 amide bonds. The third kappa shape index (κ3) is 3.32. The Morgan fingerprint density at radius 2 is 1.50 bits per heavy atom. The van der Waals surface area contributed by atoms with E-state index in [9.17, 15) is 14.7 Å². The minimum Gasteiger partial charge on any atom is -0.481 e. The van der Waals surface area contributed by atoms with E-state index < -0.39 is 11.9 Å². The minimum atomic E-state index is -0.829. The summed E-state index contributed by atoms with van der Waals surface area (Å²) < 4.78 is 0. The van der Waals surface area contributed by atoms with Crippen LogP contribution in [0.15, 0.2) is 0 Å². The number of hydrazine groups is 1. The topological polar surface area (TPSA) is 69.6 Å². The monoisotopic (exact) mass is 282 g/mol. The van der Waals surface area contributed by atoms with Crippen molar-refractivity contribution in [3.8, 4) is 0 Å². The standard InChI is InChI=1S/C15H26N2O3/c1-10-6-5-7-11(2)17(10)16-14(18)12-8-3-4-9-13(12)15(19)20/h10-13H,3-9H2,1-2H3,(H,16,18)(H,19,20)/t10?,11?,12-,13+/m1/s1. The van der Waals surface area contributed by atoms with Crippen molar-refractivity contribution in [3.63, 3.8) is 0 Å². The van der Waals surface area contributed by atoms with Gasteiger partial charge < -0.3 is 5.11 Å². The van der Waals surface area contributed by atoms with Crippen LogP contribution in [0.2, 0.25) is 0 Å². The molecule has 0 spiro atoms. The Labute approximate surface area is 120 Å². The second-order valence-electron chi connectivity index (χ2n) is 6.35. The molecule has 0 bridgehead atoms. The van der Waals surface area contributed by atoms with Gasteiger partial charge in [0.05, 0.1) is 11.8 Å². The Morgan fingerprint density at radius 1 is 0.950 bits per heavy atom. The first kappa shape index (κ1) is 15.3. The molecule has 2 unspecified atom stereocenters. The highest BCUT2D eigenvalue weighted by molar-refractivity contribution is 5.84. The van der Waals surface area contributed by atoms with Crippen molar-refractivity contribution in [2.24, 2.45) is 11.8 Å². The van der Waals surface area contributed by atoms with Gasteiger partial charge in [0.2, 0.25) is 5.91 Å². The van der Waals surface area contributed by atoms with Gasteiger partial charge in [0.15, 0.2) is 0 Å². The van der Waals surface area contributed by atoms with Crippen LogP contribution in [-0.2, 0) is 9.59 Å². The highest BCUT2D eigenvalue weighted by Gasteiger charge is 2.37. The maximum absolute atomic E-state index is 12.5. The summed E-state index contributed by atoms with van der Waals surface area (Å²) in [5.74, 6) is -1.82. The first-order valence-electron chi connectivity index (χ1n) is 7.82. The number of carbonyl (C=O) groups is 2. The van der Waals surface area contributed by atoms with Crippen LogP contribution in [0.5, 0.6) is 0 Å². The third-order valence-electron chi connectivity index (χ3n) is 4.85. The highest BCUT2D eigenvalue weighted by Crippen LogP contribution is 2.31. The lowest BCUT2D eigenvalue weighted by atomic mass is 9.79. The van der Waals surface area contributed by atoms with Crippen molar-refractivity contribution in [3.05, 3.63) is 0 Å². The quantitative estimate of drug-likeness (QED) is 0.832. The van der Waals surface area contributed by atoms with Gasteiger partial charge in [0.1, 0.15) is 0 Å². The third-order valence-corrected chi connectivity index (χ3v) is 4.85. The number of nitrogens with zero attached hydrogens (tertiary/aromatic N) is 1. The van der Waals surface area contributed by atoms with E-state index in [4.69, 9.17) is 0 Å². The fraction of sp³-hybridized carbons (Fsp3) is 0.867. The van der Waals surface area contributed by atoms with Crippen LogP contribution in [0.3, 0.4) is 0 Å². The van der Waals surface area contributed by atoms with Crippen molar-refractivity contribution in [1.82, 2.24) is 10.4 Å². The molecule has 1 heterocycles. The fourth-order valence-electron chi connectivity index (χ4n) is 3.59. The molecule has 0 aromatic carbocycles. The van der Waals surface area contributed by atoms with Gasteiger partial charge in [0.25, 0.3) is 0 Å². The molecule has 2 N–H and O–H groups in total. The summed E-state index contributed by atoms with van der Waals surface area (Å²) >= 11 is 0. The number of carboxylic acids is 1. The van der Waals surface area contributed by atoms with Crippen molar-refractivity contribution in [2.45, 2.75) is 70.9 Å². The molecule has 114 valence electrons. The zero-order valence-corrected chi connectivity index (χ0v) is 12.5. The average molecular weight is 282 g/mol. The molecule has 1 aliphatic heterocycles. The molecule has 2 rings (SSSR count). The number of carboxylic acid groups (broad SMARTS) is 1. The van der Waals surface area contributed by atoms with Gasteiger partial charge in [-0.1, -0.05) is 19.3 Å². The zero-order valence-electron chi connectivity index (χ0n) is 12.5. The number of amides is 1. The molecule has 2 fully saturated rings. The summed E-state index contributed by atoms with van der Waals surface area (Å²) in [5.41, 5.74) is 3.00. The van der Waals surface area contributed by atoms with Crippen LogP contribution < -0.4 is 5.43 Å². The van der Waals surface area contributed by atoms with E-state index in [0.717, 1.165) is 25.7 Å². The van der Waals surface area contributed by atoms with Crippen LogP contribution in [0.25, 0.3) is 0 Å². The summed E-state index contributed by atoms with van der Waals surface area (Å²) in [6, 6.07) is 0.657. The van der Waals surface area contributed by atoms with Gasteiger partial charge in [0, 0.05) is 12.1 Å². The van der Waals surface area contributed by atoms with Crippen molar-refractivity contribution < 1.29 is 14.7 Å². The van der Waals surface area contributed by atoms with E-state index in [1.807, 2.05) is 5.01 Å². The van der Waals surface area contributed by atoms with E-state index in [0.29, 0.717) is 24.9 Å². The van der Waals surface area contributed by atoms with Crippen molar-refractivity contribution >= 4 is 11.9 Å². The number of rotatable bonds is 3. The first-order chi connectivity index (χ1) is 9.50. The Kier molecular flexibility index (Phi) is 5.02. The van der Waals surface area contributed by atoms with Crippen LogP contribution in [0.1, 0.15) is 58.8 Å². The second-order valence-corrected chi connectivity index (χ2v) is 6.35. The smallest absolute Gasteiger partial charge is 0.307 e. The summed E-state index contributed by atoms with van der Waals surface area (Å²) in [6.45, 7) is 4.23. The average Bonchev–Trinajstić information content (AvgIpc) is 2.43. The van der Waals surface area contributed by atoms with Gasteiger partial charge in [-0.05, 0) is 39.5 Å². The highest BCUT2D eigenvalue weighted by atomic mass is 16.4. The van der Waals surface area contributed by atoms with Gasteiger partial charge >= 0.3 is 5.97 Å². The Hall–Kier alpha value is -1.10. The van der Waals surface area contributed by atoms with Crippen LogP contribution >= 0.6 is 0 Å². The summed E-state index contributed by atoms with van der Waals surface area (Å²) in [5, 5.41) is 11.3. The molecule has 5 heteroatoms. The van der Waals surface area contributed by atoms with Gasteiger partial charge in [-0.2, -0.15) is 0 Å². The number of nitrogens with one attached hydrogen (secondary N) is 1. The van der Waals surface area contributed by atoms with E-state index in [1.165, 1.54) is 6.42 Å². The van der Waals surface area contributed by atoms with Crippen LogP contribution in [-0.4, -0.2) is 34.1 Å². The molecule has 1 aliphatic carbocycles. The van der Waals surface area contributed by atoms with Gasteiger partial charge in [-0.3, -0.25) is 15.0 Å². The zero-order chi connectivity index (χ0) is 14.7. The Balaban J connectivity index is 2.00. The number of hydrogen-bond donors (Lipinski definition) is 2. The van der Waals surface area contributed by atoms with Crippen molar-refractivity contribution in [1.29, 1.82) is 0 Å². The normalized spacial score (nSPS) is 35.5. The first-order valence-corrected chi connectivity index (χ1v) is 7.82. The Morgan fingerprint density at radius 3 is 2.05 bits per heavy atom. The molecule has 1 saturated heterocycles. The molecular formula is C15H26N2O3. The fourth-order valence-corrected chi connectivity index (χ4v) is 3.59. The largest absolute Gasteiger partial charge is 0.481 e. The predicted octanol–water partition coefficient (Wildman–Crippen LogP) is 2.17. The molecule has 0 aromatic heterocycles. The SMILES string of the molecule is CC1CCCC(C)N1NC(=O)[C@@H]1CCCC[C@@H]1C(=O)O. The summed E-state index contributed by atoms with van der Waals surface area (Å²) in [6.07, 6.45) is 6.54. The second kappa shape index (κ2) is 6.57. The molecular weight excluding hydrogens is 256 g/mol. The van der Waals surface area contributed by atoms with Gasteiger partial charge in [-0.25, -0.2) is 5.01 Å². The lowest BCUT2D eigenvalue weighted by Crippen LogP contribution is -2.56. The lowest BCUT2D eigenvalue weighted by Gasteiger charge is -2.40. The lowest BCUT2D eigenvalue weighted by molar-refractivity contribution is -0.151. The Bertz CT molecular complexity index is 362. The number of aliphatic carboxylic acids is 1. The van der Waals surface area contributed by atoms with Crippen LogP contribution in [0.4, 0.5) is 0 Å². The molecule has 2 aliphatic rings. The molecule has 0 aromatic rings. The maximum Gasteiger partial charge on any atom is 0.307 e.